The van der Waals surface area contributed by atoms with Crippen LogP contribution in [0.25, 0.3) is 5.69 Å². The number of hydrogen-bond donors (Lipinski definition) is 1. The molecule has 1 heterocycles. The zero-order valence-electron chi connectivity index (χ0n) is 8.76. The molecular weight excluding hydrogens is 223 g/mol. The average Bonchev–Trinajstić information content (AvgIpc) is 2.33. The maximum Gasteiger partial charge on any atom is 0.255 e. The Morgan fingerprint density at radius 1 is 1.24 bits per heavy atom. The van der Waals surface area contributed by atoms with E-state index >= 15 is 0 Å². The highest BCUT2D eigenvalue weighted by Crippen LogP contribution is 2.16. The van der Waals surface area contributed by atoms with E-state index < -0.39 is 5.82 Å². The van der Waals surface area contributed by atoms with Gasteiger partial charge in [0.2, 0.25) is 6.41 Å². The standard InChI is InChI=1S/C12H9FN2O2/c13-10-7-9(4-5-11(10)14-8-16)15-6-2-1-3-12(15)17/h1-8H,(H,14,16). The smallest absolute Gasteiger partial charge is 0.255 e. The van der Waals surface area contributed by atoms with E-state index in [-0.39, 0.29) is 11.2 Å². The lowest BCUT2D eigenvalue weighted by atomic mass is 10.2. The molecule has 5 heteroatoms. The predicted molar refractivity (Wildman–Crippen MR) is 61.7 cm³/mol. The Morgan fingerprint density at radius 3 is 2.71 bits per heavy atom. The first-order valence-electron chi connectivity index (χ1n) is 4.90. The lowest BCUT2D eigenvalue weighted by molar-refractivity contribution is -0.105. The number of benzene rings is 1. The van der Waals surface area contributed by atoms with Gasteiger partial charge in [-0.1, -0.05) is 6.07 Å². The first-order chi connectivity index (χ1) is 8.22. The zero-order valence-corrected chi connectivity index (χ0v) is 8.76. The molecule has 0 saturated carbocycles. The molecule has 1 N–H and O–H groups in total. The minimum Gasteiger partial charge on any atom is -0.326 e. The fraction of sp³-hybridized carbons (Fsp3) is 0. The summed E-state index contributed by atoms with van der Waals surface area (Å²) in [6.07, 6.45) is 1.94. The highest BCUT2D eigenvalue weighted by atomic mass is 19.1. The van der Waals surface area contributed by atoms with Crippen LogP contribution in [0, 0.1) is 5.82 Å². The average molecular weight is 232 g/mol. The van der Waals surface area contributed by atoms with E-state index in [1.165, 1.54) is 22.8 Å². The van der Waals surface area contributed by atoms with Crippen LogP contribution in [0.5, 0.6) is 0 Å². The normalized spacial score (nSPS) is 9.94. The molecule has 0 aliphatic rings. The number of nitrogens with zero attached hydrogens (tertiary/aromatic N) is 1. The highest BCUT2D eigenvalue weighted by molar-refractivity contribution is 5.72. The Morgan fingerprint density at radius 2 is 2.06 bits per heavy atom. The SMILES string of the molecule is O=CNc1ccc(-n2ccccc2=O)cc1F. The lowest BCUT2D eigenvalue weighted by Gasteiger charge is -2.07. The molecule has 0 spiro atoms. The second kappa shape index (κ2) is 4.61. The van der Waals surface area contributed by atoms with Gasteiger partial charge < -0.3 is 5.32 Å². The minimum atomic E-state index is -0.592. The van der Waals surface area contributed by atoms with Crippen LogP contribution in [0.3, 0.4) is 0 Å². The molecule has 17 heavy (non-hydrogen) atoms. The van der Waals surface area contributed by atoms with Gasteiger partial charge in [0.15, 0.2) is 0 Å². The van der Waals surface area contributed by atoms with E-state index in [0.717, 1.165) is 0 Å². The van der Waals surface area contributed by atoms with Gasteiger partial charge in [0.05, 0.1) is 11.4 Å². The maximum absolute atomic E-state index is 13.5. The van der Waals surface area contributed by atoms with Gasteiger partial charge in [0, 0.05) is 18.3 Å². The summed E-state index contributed by atoms with van der Waals surface area (Å²) in [5.74, 6) is -0.592. The third-order valence-corrected chi connectivity index (χ3v) is 2.27. The summed E-state index contributed by atoms with van der Waals surface area (Å²) in [4.78, 5) is 21.7. The van der Waals surface area contributed by atoms with E-state index in [0.29, 0.717) is 12.1 Å². The molecule has 86 valence electrons. The number of pyridine rings is 1. The highest BCUT2D eigenvalue weighted by Gasteiger charge is 2.04. The van der Waals surface area contributed by atoms with E-state index in [4.69, 9.17) is 0 Å². The van der Waals surface area contributed by atoms with Crippen LogP contribution in [-0.2, 0) is 4.79 Å². The molecule has 1 amide bonds. The van der Waals surface area contributed by atoms with Crippen LogP contribution in [0.4, 0.5) is 10.1 Å². The zero-order chi connectivity index (χ0) is 12.3. The van der Waals surface area contributed by atoms with Crippen LogP contribution >= 0.6 is 0 Å². The van der Waals surface area contributed by atoms with Crippen LogP contribution in [0.15, 0.2) is 47.4 Å². The predicted octanol–water partition coefficient (Wildman–Crippen LogP) is 1.54. The molecule has 0 aliphatic heterocycles. The van der Waals surface area contributed by atoms with Gasteiger partial charge in [-0.25, -0.2) is 4.39 Å². The number of aromatic nitrogens is 1. The van der Waals surface area contributed by atoms with Crippen molar-refractivity contribution in [3.05, 3.63) is 58.8 Å². The summed E-state index contributed by atoms with van der Waals surface area (Å²) in [6.45, 7) is 0. The van der Waals surface area contributed by atoms with Crippen molar-refractivity contribution in [2.75, 3.05) is 5.32 Å². The molecule has 0 saturated heterocycles. The van der Waals surface area contributed by atoms with Crippen LogP contribution in [0.1, 0.15) is 0 Å². The number of nitrogens with one attached hydrogen (secondary N) is 1. The summed E-state index contributed by atoms with van der Waals surface area (Å²) in [5.41, 5.74) is 0.236. The Balaban J connectivity index is 2.48. The van der Waals surface area contributed by atoms with Crippen LogP contribution in [0.2, 0.25) is 0 Å². The molecule has 4 nitrogen and oxygen atoms in total. The summed E-state index contributed by atoms with van der Waals surface area (Å²) in [5, 5.41) is 2.23. The van der Waals surface area contributed by atoms with Gasteiger partial charge in [0.1, 0.15) is 5.82 Å². The molecule has 1 aromatic carbocycles. The summed E-state index contributed by atoms with van der Waals surface area (Å²) in [7, 11) is 0. The second-order valence-electron chi connectivity index (χ2n) is 3.34. The fourth-order valence-corrected chi connectivity index (χ4v) is 1.48. The third-order valence-electron chi connectivity index (χ3n) is 2.27. The minimum absolute atomic E-state index is 0.0766. The molecule has 1 aromatic heterocycles. The molecule has 0 aliphatic carbocycles. The quantitative estimate of drug-likeness (QED) is 0.816. The van der Waals surface area contributed by atoms with Crippen LogP contribution in [-0.4, -0.2) is 11.0 Å². The summed E-state index contributed by atoms with van der Waals surface area (Å²) < 4.78 is 14.8. The van der Waals surface area contributed by atoms with Crippen molar-refractivity contribution in [3.63, 3.8) is 0 Å². The molecule has 0 atom stereocenters. The molecule has 2 rings (SSSR count). The molecule has 0 unspecified atom stereocenters. The molecule has 0 fully saturated rings. The number of halogens is 1. The molecule has 2 aromatic rings. The Kier molecular flexibility index (Phi) is 3.00. The topological polar surface area (TPSA) is 51.1 Å². The monoisotopic (exact) mass is 232 g/mol. The number of amides is 1. The summed E-state index contributed by atoms with van der Waals surface area (Å²) in [6, 6.07) is 8.81. The molecule has 0 bridgehead atoms. The first kappa shape index (κ1) is 11.1. The van der Waals surface area contributed by atoms with Crippen molar-refractivity contribution in [3.8, 4) is 5.69 Å². The van der Waals surface area contributed by atoms with E-state index in [1.807, 2.05) is 0 Å². The number of rotatable bonds is 3. The van der Waals surface area contributed by atoms with Gasteiger partial charge in [0.25, 0.3) is 5.56 Å². The fourth-order valence-electron chi connectivity index (χ4n) is 1.48. The van der Waals surface area contributed by atoms with Crippen LogP contribution < -0.4 is 10.9 Å². The van der Waals surface area contributed by atoms with Gasteiger partial charge in [-0.3, -0.25) is 14.2 Å². The van der Waals surface area contributed by atoms with Gasteiger partial charge in [-0.15, -0.1) is 0 Å². The molecular formula is C12H9FN2O2. The molecule has 0 radical (unpaired) electrons. The first-order valence-corrected chi connectivity index (χ1v) is 4.90. The van der Waals surface area contributed by atoms with Crippen molar-refractivity contribution in [1.29, 1.82) is 0 Å². The second-order valence-corrected chi connectivity index (χ2v) is 3.34. The van der Waals surface area contributed by atoms with Crippen molar-refractivity contribution in [2.45, 2.75) is 0 Å². The maximum atomic E-state index is 13.5. The number of anilines is 1. The van der Waals surface area contributed by atoms with Gasteiger partial charge >= 0.3 is 0 Å². The van der Waals surface area contributed by atoms with E-state index in [1.54, 1.807) is 24.4 Å². The number of carbonyl (C=O) groups is 1. The van der Waals surface area contributed by atoms with Crippen molar-refractivity contribution >= 4 is 12.1 Å². The third kappa shape index (κ3) is 2.23. The van der Waals surface area contributed by atoms with Crippen molar-refractivity contribution in [1.82, 2.24) is 4.57 Å². The Labute approximate surface area is 96.3 Å². The summed E-state index contributed by atoms with van der Waals surface area (Å²) >= 11 is 0. The van der Waals surface area contributed by atoms with Crippen molar-refractivity contribution < 1.29 is 9.18 Å². The van der Waals surface area contributed by atoms with Gasteiger partial charge in [-0.05, 0) is 18.2 Å². The van der Waals surface area contributed by atoms with Gasteiger partial charge in [-0.2, -0.15) is 0 Å². The number of hydrogen-bond acceptors (Lipinski definition) is 2. The lowest BCUT2D eigenvalue weighted by Crippen LogP contribution is -2.15. The number of carbonyl (C=O) groups excluding carboxylic acids is 1. The van der Waals surface area contributed by atoms with Crippen molar-refractivity contribution in [2.24, 2.45) is 0 Å². The Bertz CT molecular complexity index is 607. The van der Waals surface area contributed by atoms with E-state index in [9.17, 15) is 14.0 Å². The Hall–Kier alpha value is -2.43. The van der Waals surface area contributed by atoms with E-state index in [2.05, 4.69) is 5.32 Å². The largest absolute Gasteiger partial charge is 0.326 e.